The molecule has 0 fully saturated rings. The van der Waals surface area contributed by atoms with E-state index in [1.54, 1.807) is 0 Å². The van der Waals surface area contributed by atoms with Gasteiger partial charge in [-0.1, -0.05) is 56.0 Å². The number of alkyl halides is 6. The lowest BCUT2D eigenvalue weighted by atomic mass is 10.1. The predicted octanol–water partition coefficient (Wildman–Crippen LogP) is 7.27. The number of aromatic nitrogens is 2. The van der Waals surface area contributed by atoms with E-state index in [2.05, 4.69) is 24.8 Å². The molecule has 1 atom stereocenters. The van der Waals surface area contributed by atoms with Crippen molar-refractivity contribution in [3.05, 3.63) is 29.4 Å². The van der Waals surface area contributed by atoms with Gasteiger partial charge in [0.1, 0.15) is 27.7 Å². The third-order valence-corrected chi connectivity index (χ3v) is 5.78. The van der Waals surface area contributed by atoms with Crippen molar-refractivity contribution in [1.82, 2.24) is 9.97 Å². The number of rotatable bonds is 14. The van der Waals surface area contributed by atoms with Gasteiger partial charge in [0.25, 0.3) is 0 Å². The molecular weight excluding hydrogens is 552 g/mol. The quantitative estimate of drug-likeness (QED) is 0.0798. The van der Waals surface area contributed by atoms with Gasteiger partial charge in [0.05, 0.1) is 0 Å². The van der Waals surface area contributed by atoms with Crippen molar-refractivity contribution in [3.8, 4) is 11.5 Å². The second-order valence-electron chi connectivity index (χ2n) is 7.78. The second-order valence-corrected chi connectivity index (χ2v) is 9.34. The fourth-order valence-corrected chi connectivity index (χ4v) is 4.09. The van der Waals surface area contributed by atoms with Gasteiger partial charge >= 0.3 is 18.3 Å². The number of halogens is 7. The molecule has 2 aromatic rings. The molecule has 0 unspecified atom stereocenters. The van der Waals surface area contributed by atoms with Gasteiger partial charge in [-0.3, -0.25) is 4.79 Å². The minimum atomic E-state index is -4.68. The van der Waals surface area contributed by atoms with Crippen LogP contribution in [0.2, 0.25) is 5.15 Å². The summed E-state index contributed by atoms with van der Waals surface area (Å²) in [6, 6.07) is 4.33. The molecule has 15 heteroatoms. The summed E-state index contributed by atoms with van der Waals surface area (Å²) in [5, 5.41) is 11.4. The molecule has 37 heavy (non-hydrogen) atoms. The van der Waals surface area contributed by atoms with Crippen LogP contribution in [0.4, 0.5) is 37.8 Å². The van der Waals surface area contributed by atoms with E-state index in [0.717, 1.165) is 49.2 Å². The van der Waals surface area contributed by atoms with Gasteiger partial charge in [0.15, 0.2) is 18.4 Å². The van der Waals surface area contributed by atoms with E-state index < -0.39 is 48.3 Å². The number of benzene rings is 1. The predicted molar refractivity (Wildman–Crippen MR) is 126 cm³/mol. The molecule has 0 spiro atoms. The number of unbranched alkanes of at least 4 members (excludes halogenated alkanes) is 3. The molecule has 2 rings (SSSR count). The van der Waals surface area contributed by atoms with Crippen LogP contribution in [-0.4, -0.2) is 51.9 Å². The Labute approximate surface area is 217 Å². The van der Waals surface area contributed by atoms with Crippen LogP contribution in [0.25, 0.3) is 0 Å². The van der Waals surface area contributed by atoms with E-state index in [9.17, 15) is 36.2 Å². The molecule has 0 bridgehead atoms. The molecule has 1 aromatic carbocycles. The van der Waals surface area contributed by atoms with Crippen LogP contribution in [0.15, 0.2) is 29.4 Å². The Morgan fingerprint density at radius 3 is 2.11 bits per heavy atom. The van der Waals surface area contributed by atoms with Crippen LogP contribution >= 0.6 is 23.4 Å². The van der Waals surface area contributed by atoms with Crippen molar-refractivity contribution in [1.29, 1.82) is 0 Å². The van der Waals surface area contributed by atoms with Gasteiger partial charge in [-0.25, -0.2) is 9.97 Å². The number of nitrogens with zero attached hydrogens (tertiary/aromatic N) is 2. The van der Waals surface area contributed by atoms with Crippen LogP contribution in [0.3, 0.4) is 0 Å². The number of carboxylic acids is 1. The summed E-state index contributed by atoms with van der Waals surface area (Å²) < 4.78 is 84.7. The number of anilines is 2. The zero-order valence-electron chi connectivity index (χ0n) is 19.5. The highest BCUT2D eigenvalue weighted by molar-refractivity contribution is 8.00. The SMILES string of the molecule is CCCCCC[C@@H](Sc1nc(Cl)cc(Nc2cc(OCC(F)(F)F)cc(OCC(F)(F)F)c2)n1)C(=O)O. The molecule has 7 nitrogen and oxygen atoms in total. The van der Waals surface area contributed by atoms with Crippen LogP contribution in [0.5, 0.6) is 11.5 Å². The molecule has 0 amide bonds. The molecule has 1 heterocycles. The first kappa shape index (κ1) is 30.6. The van der Waals surface area contributed by atoms with Crippen molar-refractivity contribution in [2.75, 3.05) is 18.5 Å². The third kappa shape index (κ3) is 12.5. The van der Waals surface area contributed by atoms with Gasteiger partial charge in [0.2, 0.25) is 0 Å². The van der Waals surface area contributed by atoms with Gasteiger partial charge in [0, 0.05) is 30.0 Å². The van der Waals surface area contributed by atoms with Crippen LogP contribution in [-0.2, 0) is 4.79 Å². The minimum absolute atomic E-state index is 0.0167. The fraction of sp³-hybridized carbons (Fsp3) is 0.500. The smallest absolute Gasteiger partial charge is 0.422 e. The summed E-state index contributed by atoms with van der Waals surface area (Å²) in [4.78, 5) is 19.8. The van der Waals surface area contributed by atoms with Crippen LogP contribution in [0.1, 0.15) is 39.0 Å². The largest absolute Gasteiger partial charge is 0.484 e. The fourth-order valence-electron chi connectivity index (χ4n) is 2.92. The molecule has 0 aliphatic rings. The summed E-state index contributed by atoms with van der Waals surface area (Å²) >= 11 is 6.91. The van der Waals surface area contributed by atoms with Gasteiger partial charge in [-0.2, -0.15) is 26.3 Å². The Balaban J connectivity index is 2.25. The molecule has 1 aromatic heterocycles. The molecule has 0 aliphatic carbocycles. The van der Waals surface area contributed by atoms with E-state index in [4.69, 9.17) is 11.6 Å². The van der Waals surface area contributed by atoms with Gasteiger partial charge < -0.3 is 19.9 Å². The maximum Gasteiger partial charge on any atom is 0.422 e. The highest BCUT2D eigenvalue weighted by atomic mass is 35.5. The maximum atomic E-state index is 12.6. The van der Waals surface area contributed by atoms with Gasteiger partial charge in [-0.05, 0) is 6.42 Å². The molecule has 206 valence electrons. The van der Waals surface area contributed by atoms with E-state index >= 15 is 0 Å². The first-order chi connectivity index (χ1) is 17.2. The topological polar surface area (TPSA) is 93.6 Å². The van der Waals surface area contributed by atoms with Crippen LogP contribution < -0.4 is 14.8 Å². The van der Waals surface area contributed by atoms with E-state index in [0.29, 0.717) is 12.8 Å². The summed E-state index contributed by atoms with van der Waals surface area (Å²) in [6.45, 7) is -1.32. The molecule has 0 aliphatic heterocycles. The molecule has 0 saturated carbocycles. The lowest BCUT2D eigenvalue weighted by Crippen LogP contribution is -2.20. The first-order valence-corrected chi connectivity index (χ1v) is 12.2. The zero-order chi connectivity index (χ0) is 27.6. The maximum absolute atomic E-state index is 12.6. The van der Waals surface area contributed by atoms with E-state index in [-0.39, 0.29) is 21.8 Å². The van der Waals surface area contributed by atoms with Crippen LogP contribution in [0, 0.1) is 0 Å². The zero-order valence-corrected chi connectivity index (χ0v) is 21.0. The molecule has 2 N–H and O–H groups in total. The summed E-state index contributed by atoms with van der Waals surface area (Å²) in [5.41, 5.74) is -0.0167. The van der Waals surface area contributed by atoms with Crippen molar-refractivity contribution < 1.29 is 45.7 Å². The number of hydrogen-bond donors (Lipinski definition) is 2. The molecule has 0 radical (unpaired) electrons. The number of aliphatic carboxylic acids is 1. The Kier molecular flexibility index (Phi) is 11.4. The Morgan fingerprint density at radius 2 is 1.59 bits per heavy atom. The number of thioether (sulfide) groups is 1. The summed E-state index contributed by atoms with van der Waals surface area (Å²) in [5.74, 6) is -1.85. The third-order valence-electron chi connectivity index (χ3n) is 4.47. The second kappa shape index (κ2) is 13.8. The normalized spacial score (nSPS) is 12.8. The summed E-state index contributed by atoms with van der Waals surface area (Å²) in [6.07, 6.45) is -5.47. The number of carboxylic acid groups (broad SMARTS) is 1. The number of hydrogen-bond acceptors (Lipinski definition) is 7. The first-order valence-electron chi connectivity index (χ1n) is 11.0. The standard InChI is InChI=1S/C22H24ClF6N3O4S/c1-2-3-4-5-6-16(19(33)34)37-20-31-17(23)10-18(32-20)30-13-7-14(35-11-21(24,25)26)9-15(8-13)36-12-22(27,28)29/h7-10,16H,2-6,11-12H2,1H3,(H,33,34)(H,30,31,32)/t16-/m1/s1. The average Bonchev–Trinajstić information content (AvgIpc) is 2.77. The average molecular weight is 576 g/mol. The van der Waals surface area contributed by atoms with Crippen molar-refractivity contribution in [3.63, 3.8) is 0 Å². The molecular formula is C22H24ClF6N3O4S. The van der Waals surface area contributed by atoms with Crippen molar-refractivity contribution >= 4 is 40.8 Å². The number of nitrogens with one attached hydrogen (secondary N) is 1. The van der Waals surface area contributed by atoms with E-state index in [1.807, 2.05) is 6.92 Å². The molecule has 0 saturated heterocycles. The Bertz CT molecular complexity index is 1010. The van der Waals surface area contributed by atoms with Crippen molar-refractivity contribution in [2.24, 2.45) is 0 Å². The highest BCUT2D eigenvalue weighted by Gasteiger charge is 2.30. The Morgan fingerprint density at radius 1 is 1.00 bits per heavy atom. The summed E-state index contributed by atoms with van der Waals surface area (Å²) in [7, 11) is 0. The van der Waals surface area contributed by atoms with Crippen molar-refractivity contribution in [2.45, 2.75) is 61.8 Å². The van der Waals surface area contributed by atoms with Gasteiger partial charge in [-0.15, -0.1) is 0 Å². The highest BCUT2D eigenvalue weighted by Crippen LogP contribution is 2.32. The minimum Gasteiger partial charge on any atom is -0.484 e. The Hall–Kier alpha value is -2.61. The monoisotopic (exact) mass is 575 g/mol. The number of carbonyl (C=O) groups is 1. The van der Waals surface area contributed by atoms with E-state index in [1.165, 1.54) is 6.07 Å². The lowest BCUT2D eigenvalue weighted by Gasteiger charge is -2.15. The number of ether oxygens (including phenoxy) is 2. The lowest BCUT2D eigenvalue weighted by molar-refractivity contribution is -0.154.